The van der Waals surface area contributed by atoms with E-state index in [4.69, 9.17) is 0 Å². The Morgan fingerprint density at radius 3 is 2.33 bits per heavy atom. The maximum Gasteiger partial charge on any atom is 0.573 e. The topological polar surface area (TPSA) is 9.23 Å². The molecule has 1 aromatic rings. The van der Waals surface area contributed by atoms with Gasteiger partial charge in [-0.05, 0) is 46.2 Å². The summed E-state index contributed by atoms with van der Waals surface area (Å²) >= 11 is 1.81. The van der Waals surface area contributed by atoms with Crippen LogP contribution in [0.4, 0.5) is 13.2 Å². The first-order chi connectivity index (χ1) is 6.79. The van der Waals surface area contributed by atoms with Gasteiger partial charge in [-0.3, -0.25) is 0 Å². The van der Waals surface area contributed by atoms with Crippen LogP contribution in [-0.4, -0.2) is 6.36 Å². The molecule has 0 bridgehead atoms. The Kier molecular flexibility index (Phi) is 3.86. The summed E-state index contributed by atoms with van der Waals surface area (Å²) in [6.07, 6.45) is -4.64. The minimum absolute atomic E-state index is 0.151. The summed E-state index contributed by atoms with van der Waals surface area (Å²) in [5.41, 5.74) is 0.745. The fourth-order valence-corrected chi connectivity index (χ4v) is 1.46. The van der Waals surface area contributed by atoms with Gasteiger partial charge in [-0.2, -0.15) is 0 Å². The molecule has 5 heteroatoms. The highest BCUT2D eigenvalue weighted by molar-refractivity contribution is 14.1. The summed E-state index contributed by atoms with van der Waals surface area (Å²) in [4.78, 5) is 0. The maximum atomic E-state index is 12.0. The monoisotopic (exact) mass is 329 g/mol. The molecule has 0 aliphatic carbocycles. The first-order valence-electron chi connectivity index (χ1n) is 4.15. The normalized spacial score (nSPS) is 11.9. The van der Waals surface area contributed by atoms with E-state index in [1.807, 2.05) is 13.8 Å². The second-order valence-corrected chi connectivity index (χ2v) is 4.36. The van der Waals surface area contributed by atoms with E-state index in [0.29, 0.717) is 3.57 Å². The Morgan fingerprint density at radius 1 is 1.27 bits per heavy atom. The zero-order valence-corrected chi connectivity index (χ0v) is 10.3. The summed E-state index contributed by atoms with van der Waals surface area (Å²) in [5, 5.41) is 0. The van der Waals surface area contributed by atoms with Crippen molar-refractivity contribution in [2.45, 2.75) is 20.2 Å². The molecular formula is C10H9F3IO. The Hall–Kier alpha value is -0.460. The number of hydrogen-bond acceptors (Lipinski definition) is 1. The third kappa shape index (κ3) is 3.89. The molecule has 1 nitrogen and oxygen atoms in total. The summed E-state index contributed by atoms with van der Waals surface area (Å²) in [6, 6.07) is 4.76. The number of halogens is 4. The molecular weight excluding hydrogens is 320 g/mol. The van der Waals surface area contributed by atoms with Crippen LogP contribution in [0.5, 0.6) is 5.75 Å². The quantitative estimate of drug-likeness (QED) is 0.741. The fraction of sp³-hybridized carbons (Fsp3) is 0.300. The standard InChI is InChI=1S/C10H9F3IO/c1-6(2)7-3-4-8(14)9(5-7)15-10(11,12)13/h3-5H,1-2H3. The lowest BCUT2D eigenvalue weighted by atomic mass is 10.0. The van der Waals surface area contributed by atoms with E-state index in [0.717, 1.165) is 11.5 Å². The van der Waals surface area contributed by atoms with Crippen molar-refractivity contribution in [1.82, 2.24) is 0 Å². The van der Waals surface area contributed by atoms with Gasteiger partial charge in [0.15, 0.2) is 0 Å². The average molecular weight is 329 g/mol. The van der Waals surface area contributed by atoms with E-state index in [2.05, 4.69) is 4.74 Å². The van der Waals surface area contributed by atoms with Gasteiger partial charge in [0.1, 0.15) is 5.75 Å². The van der Waals surface area contributed by atoms with Crippen molar-refractivity contribution in [3.63, 3.8) is 0 Å². The zero-order chi connectivity index (χ0) is 11.6. The SMILES string of the molecule is C[C](C)c1ccc(I)c(OC(F)(F)F)c1. The Morgan fingerprint density at radius 2 is 1.87 bits per heavy atom. The highest BCUT2D eigenvalue weighted by Crippen LogP contribution is 2.30. The number of rotatable bonds is 2. The van der Waals surface area contributed by atoms with E-state index in [-0.39, 0.29) is 5.75 Å². The molecule has 0 heterocycles. The molecule has 0 N–H and O–H groups in total. The van der Waals surface area contributed by atoms with Gasteiger partial charge >= 0.3 is 6.36 Å². The molecule has 0 spiro atoms. The first-order valence-corrected chi connectivity index (χ1v) is 5.23. The molecule has 83 valence electrons. The third-order valence-electron chi connectivity index (χ3n) is 1.73. The average Bonchev–Trinajstić information content (AvgIpc) is 2.06. The van der Waals surface area contributed by atoms with Crippen LogP contribution >= 0.6 is 22.6 Å². The van der Waals surface area contributed by atoms with Crippen molar-refractivity contribution in [1.29, 1.82) is 0 Å². The summed E-state index contributed by atoms with van der Waals surface area (Å²) in [7, 11) is 0. The Labute approximate surface area is 99.8 Å². The minimum atomic E-state index is -4.64. The van der Waals surface area contributed by atoms with Gasteiger partial charge in [0.25, 0.3) is 0 Å². The third-order valence-corrected chi connectivity index (χ3v) is 2.63. The molecule has 0 saturated carbocycles. The van der Waals surface area contributed by atoms with Crippen molar-refractivity contribution in [2.75, 3.05) is 0 Å². The molecule has 0 aliphatic heterocycles. The number of ether oxygens (including phenoxy) is 1. The minimum Gasteiger partial charge on any atom is -0.405 e. The van der Waals surface area contributed by atoms with Crippen LogP contribution in [-0.2, 0) is 0 Å². The second-order valence-electron chi connectivity index (χ2n) is 3.19. The van der Waals surface area contributed by atoms with Crippen LogP contribution in [0.25, 0.3) is 0 Å². The van der Waals surface area contributed by atoms with Crippen LogP contribution in [0.2, 0.25) is 0 Å². The van der Waals surface area contributed by atoms with E-state index in [9.17, 15) is 13.2 Å². The number of hydrogen-bond donors (Lipinski definition) is 0. The highest BCUT2D eigenvalue weighted by atomic mass is 127. The first kappa shape index (κ1) is 12.6. The Bertz CT molecular complexity index is 347. The largest absolute Gasteiger partial charge is 0.573 e. The zero-order valence-electron chi connectivity index (χ0n) is 8.15. The van der Waals surface area contributed by atoms with Crippen LogP contribution in [0.1, 0.15) is 19.4 Å². The number of benzene rings is 1. The summed E-state index contributed by atoms with van der Waals surface area (Å²) in [6.45, 7) is 3.67. The van der Waals surface area contributed by atoms with Crippen LogP contribution < -0.4 is 4.74 Å². The van der Waals surface area contributed by atoms with E-state index in [1.165, 1.54) is 6.07 Å². The molecule has 1 radical (unpaired) electrons. The van der Waals surface area contributed by atoms with Crippen molar-refractivity contribution in [3.8, 4) is 5.75 Å². The van der Waals surface area contributed by atoms with Crippen LogP contribution in [0, 0.1) is 9.49 Å². The van der Waals surface area contributed by atoms with Crippen molar-refractivity contribution >= 4 is 22.6 Å². The molecule has 0 unspecified atom stereocenters. The molecule has 0 amide bonds. The van der Waals surface area contributed by atoms with E-state index >= 15 is 0 Å². The molecule has 0 saturated heterocycles. The van der Waals surface area contributed by atoms with E-state index < -0.39 is 6.36 Å². The van der Waals surface area contributed by atoms with Crippen molar-refractivity contribution in [3.05, 3.63) is 33.3 Å². The van der Waals surface area contributed by atoms with Gasteiger partial charge in [-0.15, -0.1) is 13.2 Å². The second kappa shape index (κ2) is 4.59. The molecule has 0 aliphatic rings. The van der Waals surface area contributed by atoms with Gasteiger partial charge in [0.2, 0.25) is 0 Å². The summed E-state index contributed by atoms with van der Waals surface area (Å²) in [5.74, 6) is 0.792. The lowest BCUT2D eigenvalue weighted by Crippen LogP contribution is -2.18. The lowest BCUT2D eigenvalue weighted by Gasteiger charge is -2.13. The van der Waals surface area contributed by atoms with E-state index in [1.54, 1.807) is 34.7 Å². The molecule has 15 heavy (non-hydrogen) atoms. The number of alkyl halides is 3. The predicted molar refractivity (Wildman–Crippen MR) is 59.5 cm³/mol. The molecule has 0 fully saturated rings. The highest BCUT2D eigenvalue weighted by Gasteiger charge is 2.32. The van der Waals surface area contributed by atoms with Gasteiger partial charge in [-0.1, -0.05) is 19.9 Å². The van der Waals surface area contributed by atoms with Gasteiger partial charge in [0, 0.05) is 0 Å². The van der Waals surface area contributed by atoms with Crippen LogP contribution in [0.3, 0.4) is 0 Å². The molecule has 0 aromatic heterocycles. The van der Waals surface area contributed by atoms with Crippen molar-refractivity contribution < 1.29 is 17.9 Å². The van der Waals surface area contributed by atoms with Crippen LogP contribution in [0.15, 0.2) is 18.2 Å². The van der Waals surface area contributed by atoms with Gasteiger partial charge in [0.05, 0.1) is 3.57 Å². The molecule has 1 aromatic carbocycles. The van der Waals surface area contributed by atoms with Gasteiger partial charge in [-0.25, -0.2) is 0 Å². The lowest BCUT2D eigenvalue weighted by molar-refractivity contribution is -0.274. The molecule has 0 atom stereocenters. The maximum absolute atomic E-state index is 12.0. The summed E-state index contributed by atoms with van der Waals surface area (Å²) < 4.78 is 40.4. The smallest absolute Gasteiger partial charge is 0.405 e. The van der Waals surface area contributed by atoms with Crippen molar-refractivity contribution in [2.24, 2.45) is 0 Å². The fourth-order valence-electron chi connectivity index (χ4n) is 1.02. The molecule has 1 rings (SSSR count). The Balaban J connectivity index is 3.01. The predicted octanol–water partition coefficient (Wildman–Crippen LogP) is 4.15. The van der Waals surface area contributed by atoms with Gasteiger partial charge < -0.3 is 4.74 Å².